The summed E-state index contributed by atoms with van der Waals surface area (Å²) < 4.78 is 0. The van der Waals surface area contributed by atoms with Crippen LogP contribution in [0.4, 0.5) is 4.79 Å². The maximum absolute atomic E-state index is 12.4. The molecule has 2 fully saturated rings. The van der Waals surface area contributed by atoms with Gasteiger partial charge in [0, 0.05) is 44.1 Å². The monoisotopic (exact) mass is 378 g/mol. The highest BCUT2D eigenvalue weighted by atomic mass is 16.2. The van der Waals surface area contributed by atoms with E-state index in [9.17, 15) is 4.79 Å². The molecule has 0 unspecified atom stereocenters. The number of carbonyl (C=O) groups excluding carboxylic acids is 1. The van der Waals surface area contributed by atoms with Gasteiger partial charge in [0.25, 0.3) is 0 Å². The zero-order chi connectivity index (χ0) is 19.2. The molecule has 1 aliphatic heterocycles. The molecule has 0 bridgehead atoms. The number of benzene rings is 1. The lowest BCUT2D eigenvalue weighted by Crippen LogP contribution is -2.44. The third-order valence-electron chi connectivity index (χ3n) is 6.02. The first-order valence-electron chi connectivity index (χ1n) is 10.6. The summed E-state index contributed by atoms with van der Waals surface area (Å²) in [5.74, 6) is 0. The van der Waals surface area contributed by atoms with Crippen LogP contribution in [0.3, 0.4) is 0 Å². The van der Waals surface area contributed by atoms with E-state index < -0.39 is 0 Å². The summed E-state index contributed by atoms with van der Waals surface area (Å²) in [5, 5.41) is 6.18. The normalized spacial score (nSPS) is 20.8. The molecule has 1 aromatic carbocycles. The molecule has 2 amide bonds. The van der Waals surface area contributed by atoms with Gasteiger partial charge < -0.3 is 10.6 Å². The molecule has 0 radical (unpaired) electrons. The Balaban J connectivity index is 1.25. The molecule has 2 N–H and O–H groups in total. The molecule has 1 aliphatic carbocycles. The lowest BCUT2D eigenvalue weighted by Gasteiger charge is -2.31. The molecule has 28 heavy (non-hydrogen) atoms. The molecule has 2 aromatic rings. The van der Waals surface area contributed by atoms with Crippen molar-refractivity contribution in [2.45, 2.75) is 57.2 Å². The number of hydrogen-bond acceptors (Lipinski definition) is 3. The van der Waals surface area contributed by atoms with Crippen LogP contribution in [0.1, 0.15) is 44.1 Å². The topological polar surface area (TPSA) is 57.3 Å². The molecule has 4 rings (SSSR count). The van der Waals surface area contributed by atoms with Gasteiger partial charge in [-0.05, 0) is 48.1 Å². The third kappa shape index (κ3) is 4.90. The Morgan fingerprint density at radius 1 is 1.07 bits per heavy atom. The SMILES string of the molecule is O=C(NCc1cccc(-c2cccnc2)c1)N[C@H]1CCN(C2CCCCC2)C1. The number of nitrogens with one attached hydrogen (secondary N) is 2. The maximum Gasteiger partial charge on any atom is 0.315 e. The molecule has 1 aromatic heterocycles. The van der Waals surface area contributed by atoms with Crippen LogP contribution in [0.15, 0.2) is 48.8 Å². The number of hydrogen-bond donors (Lipinski definition) is 2. The number of aromatic nitrogens is 1. The Hall–Kier alpha value is -2.40. The van der Waals surface area contributed by atoms with Gasteiger partial charge in [0.2, 0.25) is 0 Å². The van der Waals surface area contributed by atoms with E-state index in [0.717, 1.165) is 42.2 Å². The predicted octanol–water partition coefficient (Wildman–Crippen LogP) is 3.95. The first-order chi connectivity index (χ1) is 13.8. The van der Waals surface area contributed by atoms with Crippen LogP contribution in [0.5, 0.6) is 0 Å². The third-order valence-corrected chi connectivity index (χ3v) is 6.02. The minimum Gasteiger partial charge on any atom is -0.334 e. The van der Waals surface area contributed by atoms with Gasteiger partial charge in [0.05, 0.1) is 0 Å². The largest absolute Gasteiger partial charge is 0.334 e. The molecular formula is C23H30N4O. The van der Waals surface area contributed by atoms with Gasteiger partial charge in [0.15, 0.2) is 0 Å². The number of carbonyl (C=O) groups is 1. The maximum atomic E-state index is 12.4. The summed E-state index contributed by atoms with van der Waals surface area (Å²) in [6.45, 7) is 2.64. The molecule has 1 saturated heterocycles. The highest BCUT2D eigenvalue weighted by Crippen LogP contribution is 2.25. The van der Waals surface area contributed by atoms with Crippen molar-refractivity contribution in [1.82, 2.24) is 20.5 Å². The average molecular weight is 379 g/mol. The second kappa shape index (κ2) is 9.20. The van der Waals surface area contributed by atoms with Gasteiger partial charge in [-0.3, -0.25) is 9.88 Å². The molecule has 1 atom stereocenters. The molecule has 2 aliphatic rings. The van der Waals surface area contributed by atoms with Gasteiger partial charge in [-0.15, -0.1) is 0 Å². The van der Waals surface area contributed by atoms with Crippen LogP contribution in [0, 0.1) is 0 Å². The summed E-state index contributed by atoms with van der Waals surface area (Å²) in [6.07, 6.45) is 11.4. The standard InChI is InChI=1S/C23H30N4O/c28-23(26-21-11-13-27(17-21)22-9-2-1-3-10-22)25-15-18-6-4-7-19(14-18)20-8-5-12-24-16-20/h4-8,12,14,16,21-22H,1-3,9-11,13,15,17H2,(H2,25,26,28)/t21-/m0/s1. The van der Waals surface area contributed by atoms with Crippen molar-refractivity contribution in [3.63, 3.8) is 0 Å². The molecule has 2 heterocycles. The van der Waals surface area contributed by atoms with E-state index in [2.05, 4.69) is 32.7 Å². The number of nitrogens with zero attached hydrogens (tertiary/aromatic N) is 2. The van der Waals surface area contributed by atoms with Gasteiger partial charge in [0.1, 0.15) is 0 Å². The van der Waals surface area contributed by atoms with Crippen molar-refractivity contribution in [3.05, 3.63) is 54.4 Å². The van der Waals surface area contributed by atoms with Crippen LogP contribution < -0.4 is 10.6 Å². The number of likely N-dealkylation sites (tertiary alicyclic amines) is 1. The van der Waals surface area contributed by atoms with Gasteiger partial charge in [-0.25, -0.2) is 4.79 Å². The number of pyridine rings is 1. The van der Waals surface area contributed by atoms with Crippen LogP contribution in [0.2, 0.25) is 0 Å². The summed E-state index contributed by atoms with van der Waals surface area (Å²) in [5.41, 5.74) is 3.29. The van der Waals surface area contributed by atoms with Crippen LogP contribution in [-0.4, -0.2) is 41.1 Å². The van der Waals surface area contributed by atoms with E-state index in [-0.39, 0.29) is 12.1 Å². The Kier molecular flexibility index (Phi) is 6.22. The second-order valence-corrected chi connectivity index (χ2v) is 8.04. The van der Waals surface area contributed by atoms with Crippen molar-refractivity contribution in [1.29, 1.82) is 0 Å². The molecule has 0 spiro atoms. The number of amides is 2. The minimum absolute atomic E-state index is 0.0673. The van der Waals surface area contributed by atoms with Crippen molar-refractivity contribution in [2.24, 2.45) is 0 Å². The van der Waals surface area contributed by atoms with Gasteiger partial charge in [-0.1, -0.05) is 43.5 Å². The highest BCUT2D eigenvalue weighted by molar-refractivity contribution is 5.74. The Morgan fingerprint density at radius 2 is 1.93 bits per heavy atom. The van der Waals surface area contributed by atoms with Crippen LogP contribution in [0.25, 0.3) is 11.1 Å². The van der Waals surface area contributed by atoms with E-state index >= 15 is 0 Å². The first kappa shape index (κ1) is 18.9. The number of urea groups is 1. The van der Waals surface area contributed by atoms with Crippen molar-refractivity contribution in [2.75, 3.05) is 13.1 Å². The second-order valence-electron chi connectivity index (χ2n) is 8.04. The van der Waals surface area contributed by atoms with E-state index in [1.165, 1.54) is 32.1 Å². The van der Waals surface area contributed by atoms with Crippen molar-refractivity contribution in [3.8, 4) is 11.1 Å². The number of rotatable bonds is 5. The smallest absolute Gasteiger partial charge is 0.315 e. The van der Waals surface area contributed by atoms with E-state index in [1.54, 1.807) is 6.20 Å². The molecule has 148 valence electrons. The Bertz CT molecular complexity index is 773. The zero-order valence-corrected chi connectivity index (χ0v) is 16.4. The van der Waals surface area contributed by atoms with Crippen molar-refractivity contribution < 1.29 is 4.79 Å². The van der Waals surface area contributed by atoms with E-state index in [0.29, 0.717) is 6.54 Å². The average Bonchev–Trinajstić information content (AvgIpc) is 3.22. The molecule has 5 heteroatoms. The van der Waals surface area contributed by atoms with E-state index in [1.807, 2.05) is 30.5 Å². The highest BCUT2D eigenvalue weighted by Gasteiger charge is 2.29. The summed E-state index contributed by atoms with van der Waals surface area (Å²) in [7, 11) is 0. The quantitative estimate of drug-likeness (QED) is 0.828. The van der Waals surface area contributed by atoms with Crippen LogP contribution >= 0.6 is 0 Å². The fourth-order valence-electron chi connectivity index (χ4n) is 4.50. The molecule has 1 saturated carbocycles. The lowest BCUT2D eigenvalue weighted by atomic mass is 9.94. The van der Waals surface area contributed by atoms with E-state index in [4.69, 9.17) is 0 Å². The summed E-state index contributed by atoms with van der Waals surface area (Å²) in [4.78, 5) is 19.1. The fraction of sp³-hybridized carbons (Fsp3) is 0.478. The molecular weight excluding hydrogens is 348 g/mol. The molecule has 5 nitrogen and oxygen atoms in total. The minimum atomic E-state index is -0.0673. The summed E-state index contributed by atoms with van der Waals surface area (Å²) in [6, 6.07) is 13.2. The fourth-order valence-corrected chi connectivity index (χ4v) is 4.50. The Labute approximate surface area is 167 Å². The summed E-state index contributed by atoms with van der Waals surface area (Å²) >= 11 is 0. The van der Waals surface area contributed by atoms with Crippen molar-refractivity contribution >= 4 is 6.03 Å². The Morgan fingerprint density at radius 3 is 2.75 bits per heavy atom. The lowest BCUT2D eigenvalue weighted by molar-refractivity contribution is 0.186. The van der Waals surface area contributed by atoms with Gasteiger partial charge >= 0.3 is 6.03 Å². The predicted molar refractivity (Wildman–Crippen MR) is 112 cm³/mol. The van der Waals surface area contributed by atoms with Crippen LogP contribution in [-0.2, 0) is 6.54 Å². The first-order valence-corrected chi connectivity index (χ1v) is 10.6. The zero-order valence-electron chi connectivity index (χ0n) is 16.4. The van der Waals surface area contributed by atoms with Gasteiger partial charge in [-0.2, -0.15) is 0 Å².